The molecule has 6 heteroatoms. The van der Waals surface area contributed by atoms with E-state index < -0.39 is 0 Å². The Labute approximate surface area is 127 Å². The fourth-order valence-corrected chi connectivity index (χ4v) is 2.29. The van der Waals surface area contributed by atoms with E-state index in [9.17, 15) is 0 Å². The first-order valence-corrected chi connectivity index (χ1v) is 6.86. The standard InChI is InChI=1S/C15H14ClN5/c1-9-4-3-5-14(10(9)2)21-15(18-19-20-21)11-6-7-12(16)13(17)8-11/h3-8H,17H2,1-2H3. The van der Waals surface area contributed by atoms with E-state index in [0.717, 1.165) is 16.8 Å². The summed E-state index contributed by atoms with van der Waals surface area (Å²) in [4.78, 5) is 0. The van der Waals surface area contributed by atoms with Crippen LogP contribution in [0.3, 0.4) is 0 Å². The maximum atomic E-state index is 5.96. The van der Waals surface area contributed by atoms with Crippen molar-refractivity contribution >= 4 is 17.3 Å². The van der Waals surface area contributed by atoms with E-state index in [1.807, 2.05) is 25.1 Å². The fourth-order valence-electron chi connectivity index (χ4n) is 2.18. The van der Waals surface area contributed by atoms with Gasteiger partial charge in [0, 0.05) is 5.56 Å². The van der Waals surface area contributed by atoms with Gasteiger partial charge in [0.25, 0.3) is 0 Å². The van der Waals surface area contributed by atoms with Gasteiger partial charge in [-0.25, -0.2) is 0 Å². The fraction of sp³-hybridized carbons (Fsp3) is 0.133. The molecule has 0 amide bonds. The number of rotatable bonds is 2. The number of aryl methyl sites for hydroxylation is 1. The van der Waals surface area contributed by atoms with E-state index in [-0.39, 0.29) is 0 Å². The highest BCUT2D eigenvalue weighted by Gasteiger charge is 2.14. The topological polar surface area (TPSA) is 69.6 Å². The van der Waals surface area contributed by atoms with Gasteiger partial charge < -0.3 is 5.73 Å². The summed E-state index contributed by atoms with van der Waals surface area (Å²) in [6, 6.07) is 11.4. The molecule has 0 saturated carbocycles. The summed E-state index contributed by atoms with van der Waals surface area (Å²) in [5.41, 5.74) is 10.5. The second-order valence-electron chi connectivity index (χ2n) is 4.87. The van der Waals surface area contributed by atoms with Crippen LogP contribution in [0.2, 0.25) is 5.02 Å². The van der Waals surface area contributed by atoms with E-state index in [1.54, 1.807) is 16.8 Å². The van der Waals surface area contributed by atoms with E-state index in [2.05, 4.69) is 28.5 Å². The summed E-state index contributed by atoms with van der Waals surface area (Å²) in [6.45, 7) is 4.11. The highest BCUT2D eigenvalue weighted by molar-refractivity contribution is 6.33. The number of hydrogen-bond acceptors (Lipinski definition) is 4. The summed E-state index contributed by atoms with van der Waals surface area (Å²) in [7, 11) is 0. The Morgan fingerprint density at radius 1 is 1.14 bits per heavy atom. The molecular weight excluding hydrogens is 286 g/mol. The monoisotopic (exact) mass is 299 g/mol. The van der Waals surface area contributed by atoms with Gasteiger partial charge in [-0.3, -0.25) is 0 Å². The van der Waals surface area contributed by atoms with Crippen molar-refractivity contribution in [1.82, 2.24) is 20.2 Å². The smallest absolute Gasteiger partial charge is 0.187 e. The zero-order valence-corrected chi connectivity index (χ0v) is 12.5. The third-order valence-electron chi connectivity index (χ3n) is 3.53. The number of nitrogen functional groups attached to an aromatic ring is 1. The van der Waals surface area contributed by atoms with Crippen molar-refractivity contribution in [3.63, 3.8) is 0 Å². The molecule has 0 fully saturated rings. The van der Waals surface area contributed by atoms with Crippen LogP contribution in [0.15, 0.2) is 36.4 Å². The Balaban J connectivity index is 2.17. The van der Waals surface area contributed by atoms with E-state index >= 15 is 0 Å². The van der Waals surface area contributed by atoms with Crippen molar-refractivity contribution in [3.8, 4) is 17.1 Å². The molecule has 1 heterocycles. The Morgan fingerprint density at radius 3 is 2.71 bits per heavy atom. The van der Waals surface area contributed by atoms with Crippen molar-refractivity contribution in [2.45, 2.75) is 13.8 Å². The number of nitrogens with zero attached hydrogens (tertiary/aromatic N) is 4. The molecule has 1 aromatic heterocycles. The van der Waals surface area contributed by atoms with E-state index in [0.29, 0.717) is 16.5 Å². The first-order chi connectivity index (χ1) is 10.1. The minimum Gasteiger partial charge on any atom is -0.398 e. The summed E-state index contributed by atoms with van der Waals surface area (Å²) >= 11 is 5.96. The van der Waals surface area contributed by atoms with Gasteiger partial charge in [-0.15, -0.1) is 5.10 Å². The quantitative estimate of drug-likeness (QED) is 0.738. The Hall–Kier alpha value is -2.40. The normalized spacial score (nSPS) is 10.8. The van der Waals surface area contributed by atoms with Gasteiger partial charge in [-0.05, 0) is 59.7 Å². The Kier molecular flexibility index (Phi) is 3.35. The van der Waals surface area contributed by atoms with Gasteiger partial charge in [0.05, 0.1) is 16.4 Å². The lowest BCUT2D eigenvalue weighted by Crippen LogP contribution is -2.03. The van der Waals surface area contributed by atoms with Crippen molar-refractivity contribution in [2.75, 3.05) is 5.73 Å². The SMILES string of the molecule is Cc1cccc(-n2nnnc2-c2ccc(Cl)c(N)c2)c1C. The molecule has 0 spiro atoms. The molecule has 0 aliphatic carbocycles. The summed E-state index contributed by atoms with van der Waals surface area (Å²) in [6.07, 6.45) is 0. The molecule has 0 radical (unpaired) electrons. The second kappa shape index (κ2) is 5.18. The molecule has 0 atom stereocenters. The van der Waals surface area contributed by atoms with E-state index in [1.165, 1.54) is 5.56 Å². The van der Waals surface area contributed by atoms with Crippen LogP contribution in [-0.2, 0) is 0 Å². The molecule has 3 rings (SSSR count). The van der Waals surface area contributed by atoms with Crippen molar-refractivity contribution in [2.24, 2.45) is 0 Å². The summed E-state index contributed by atoms with van der Waals surface area (Å²) in [5, 5.41) is 12.5. The number of hydrogen-bond donors (Lipinski definition) is 1. The molecule has 106 valence electrons. The lowest BCUT2D eigenvalue weighted by molar-refractivity contribution is 0.786. The Bertz CT molecular complexity index is 810. The van der Waals surface area contributed by atoms with Crippen LogP contribution in [0.4, 0.5) is 5.69 Å². The third kappa shape index (κ3) is 2.36. The van der Waals surface area contributed by atoms with Crippen LogP contribution < -0.4 is 5.73 Å². The minimum absolute atomic E-state index is 0.504. The van der Waals surface area contributed by atoms with Crippen molar-refractivity contribution in [1.29, 1.82) is 0 Å². The molecule has 2 aromatic carbocycles. The number of aromatic nitrogens is 4. The molecule has 0 aliphatic rings. The minimum atomic E-state index is 0.504. The second-order valence-corrected chi connectivity index (χ2v) is 5.28. The molecule has 0 aliphatic heterocycles. The molecule has 5 nitrogen and oxygen atoms in total. The molecular formula is C15H14ClN5. The lowest BCUT2D eigenvalue weighted by Gasteiger charge is -2.10. The van der Waals surface area contributed by atoms with Crippen LogP contribution >= 0.6 is 11.6 Å². The van der Waals surface area contributed by atoms with Gasteiger partial charge in [0.1, 0.15) is 0 Å². The van der Waals surface area contributed by atoms with Crippen LogP contribution in [0, 0.1) is 13.8 Å². The number of tetrazole rings is 1. The zero-order chi connectivity index (χ0) is 15.0. The average molecular weight is 300 g/mol. The maximum Gasteiger partial charge on any atom is 0.187 e. The lowest BCUT2D eigenvalue weighted by atomic mass is 10.1. The predicted octanol–water partition coefficient (Wildman–Crippen LogP) is 3.18. The third-order valence-corrected chi connectivity index (χ3v) is 3.87. The Morgan fingerprint density at radius 2 is 1.95 bits per heavy atom. The first kappa shape index (κ1) is 13.6. The van der Waals surface area contributed by atoms with Crippen LogP contribution in [0.5, 0.6) is 0 Å². The number of nitrogens with two attached hydrogens (primary N) is 1. The number of benzene rings is 2. The molecule has 0 saturated heterocycles. The maximum absolute atomic E-state index is 5.96. The number of anilines is 1. The van der Waals surface area contributed by atoms with Crippen LogP contribution in [0.25, 0.3) is 17.1 Å². The van der Waals surface area contributed by atoms with Crippen LogP contribution in [-0.4, -0.2) is 20.2 Å². The van der Waals surface area contributed by atoms with Crippen LogP contribution in [0.1, 0.15) is 11.1 Å². The van der Waals surface area contributed by atoms with Gasteiger partial charge in [0.15, 0.2) is 5.82 Å². The van der Waals surface area contributed by atoms with Crippen molar-refractivity contribution < 1.29 is 0 Å². The van der Waals surface area contributed by atoms with E-state index in [4.69, 9.17) is 17.3 Å². The largest absolute Gasteiger partial charge is 0.398 e. The van der Waals surface area contributed by atoms with Crippen molar-refractivity contribution in [3.05, 3.63) is 52.5 Å². The summed E-state index contributed by atoms with van der Waals surface area (Å²) in [5.74, 6) is 0.632. The average Bonchev–Trinajstić information content (AvgIpc) is 2.94. The predicted molar refractivity (Wildman–Crippen MR) is 83.5 cm³/mol. The molecule has 0 bridgehead atoms. The molecule has 21 heavy (non-hydrogen) atoms. The highest BCUT2D eigenvalue weighted by atomic mass is 35.5. The van der Waals surface area contributed by atoms with Gasteiger partial charge in [-0.2, -0.15) is 4.68 Å². The highest BCUT2D eigenvalue weighted by Crippen LogP contribution is 2.27. The van der Waals surface area contributed by atoms with Gasteiger partial charge >= 0.3 is 0 Å². The molecule has 2 N–H and O–H groups in total. The summed E-state index contributed by atoms with van der Waals surface area (Å²) < 4.78 is 1.71. The number of halogens is 1. The first-order valence-electron chi connectivity index (χ1n) is 6.48. The van der Waals surface area contributed by atoms with Gasteiger partial charge in [0.2, 0.25) is 0 Å². The molecule has 3 aromatic rings. The molecule has 0 unspecified atom stereocenters. The zero-order valence-electron chi connectivity index (χ0n) is 11.7. The van der Waals surface area contributed by atoms with Gasteiger partial charge in [-0.1, -0.05) is 23.7 Å².